The minimum atomic E-state index is 0.0786. The molecule has 0 aromatic heterocycles. The first-order valence-corrected chi connectivity index (χ1v) is 6.78. The smallest absolute Gasteiger partial charge is 0.222 e. The van der Waals surface area contributed by atoms with Crippen LogP contribution in [0.2, 0.25) is 0 Å². The molecule has 2 fully saturated rings. The highest BCUT2D eigenvalue weighted by atomic mass is 16.5. The van der Waals surface area contributed by atoms with Crippen molar-refractivity contribution in [2.45, 2.75) is 38.6 Å². The van der Waals surface area contributed by atoms with Gasteiger partial charge in [0.1, 0.15) is 0 Å². The number of nitrogens with two attached hydrogens (primary N) is 1. The Morgan fingerprint density at radius 2 is 2.29 bits per heavy atom. The summed E-state index contributed by atoms with van der Waals surface area (Å²) in [5.74, 6) is 1.38. The molecule has 0 aromatic carbocycles. The van der Waals surface area contributed by atoms with E-state index in [9.17, 15) is 4.79 Å². The van der Waals surface area contributed by atoms with Gasteiger partial charge in [0.15, 0.2) is 0 Å². The van der Waals surface area contributed by atoms with Crippen LogP contribution in [0.25, 0.3) is 0 Å². The zero-order chi connectivity index (χ0) is 12.3. The first-order chi connectivity index (χ1) is 8.16. The van der Waals surface area contributed by atoms with E-state index < -0.39 is 0 Å². The Bertz CT molecular complexity index is 264. The van der Waals surface area contributed by atoms with Gasteiger partial charge in [0.2, 0.25) is 5.91 Å². The zero-order valence-electron chi connectivity index (χ0n) is 10.7. The van der Waals surface area contributed by atoms with Gasteiger partial charge in [-0.15, -0.1) is 0 Å². The van der Waals surface area contributed by atoms with E-state index in [4.69, 9.17) is 10.5 Å². The molecule has 1 amide bonds. The third-order valence-electron chi connectivity index (χ3n) is 4.10. The maximum Gasteiger partial charge on any atom is 0.222 e. The zero-order valence-corrected chi connectivity index (χ0v) is 10.7. The summed E-state index contributed by atoms with van der Waals surface area (Å²) in [5.41, 5.74) is 6.18. The molecule has 3 unspecified atom stereocenters. The van der Waals surface area contributed by atoms with Crippen LogP contribution in [0.5, 0.6) is 0 Å². The van der Waals surface area contributed by atoms with Gasteiger partial charge in [0.05, 0.1) is 6.61 Å². The van der Waals surface area contributed by atoms with Crippen molar-refractivity contribution in [1.82, 2.24) is 4.90 Å². The standard InChI is InChI=1S/C13H24N2O2/c1-10-2-3-13(16)15(6-4-10)8-12(14)11-5-7-17-9-11/h10-12H,2-9,14H2,1H3. The fourth-order valence-corrected chi connectivity index (χ4v) is 2.66. The van der Waals surface area contributed by atoms with Crippen LogP contribution in [0.4, 0.5) is 0 Å². The Morgan fingerprint density at radius 3 is 3.00 bits per heavy atom. The lowest BCUT2D eigenvalue weighted by Crippen LogP contribution is -2.45. The second-order valence-corrected chi connectivity index (χ2v) is 5.56. The summed E-state index contributed by atoms with van der Waals surface area (Å²) < 4.78 is 5.35. The number of carbonyl (C=O) groups excluding carboxylic acids is 1. The van der Waals surface area contributed by atoms with Gasteiger partial charge in [-0.2, -0.15) is 0 Å². The quantitative estimate of drug-likeness (QED) is 0.800. The van der Waals surface area contributed by atoms with Crippen molar-refractivity contribution in [3.8, 4) is 0 Å². The van der Waals surface area contributed by atoms with Crippen molar-refractivity contribution >= 4 is 5.91 Å². The highest BCUT2D eigenvalue weighted by molar-refractivity contribution is 5.76. The fourth-order valence-electron chi connectivity index (χ4n) is 2.66. The van der Waals surface area contributed by atoms with Crippen molar-refractivity contribution in [1.29, 1.82) is 0 Å². The molecular formula is C13H24N2O2. The predicted octanol–water partition coefficient (Wildman–Crippen LogP) is 0.999. The monoisotopic (exact) mass is 240 g/mol. The number of hydrogen-bond donors (Lipinski definition) is 1. The third kappa shape index (κ3) is 3.42. The van der Waals surface area contributed by atoms with E-state index in [0.29, 0.717) is 24.8 Å². The predicted molar refractivity (Wildman–Crippen MR) is 66.5 cm³/mol. The van der Waals surface area contributed by atoms with Crippen molar-refractivity contribution in [2.24, 2.45) is 17.6 Å². The molecule has 0 saturated carbocycles. The van der Waals surface area contributed by atoms with Crippen LogP contribution >= 0.6 is 0 Å². The molecule has 2 rings (SSSR count). The lowest BCUT2D eigenvalue weighted by atomic mass is 9.99. The van der Waals surface area contributed by atoms with Crippen LogP contribution in [0.3, 0.4) is 0 Å². The molecule has 2 aliphatic heterocycles. The molecule has 4 heteroatoms. The van der Waals surface area contributed by atoms with Crippen LogP contribution in [0.1, 0.15) is 32.6 Å². The number of amides is 1. The van der Waals surface area contributed by atoms with Crippen molar-refractivity contribution in [2.75, 3.05) is 26.3 Å². The highest BCUT2D eigenvalue weighted by Crippen LogP contribution is 2.20. The first-order valence-electron chi connectivity index (χ1n) is 6.78. The average Bonchev–Trinajstić information content (AvgIpc) is 2.80. The van der Waals surface area contributed by atoms with E-state index in [2.05, 4.69) is 6.92 Å². The molecule has 17 heavy (non-hydrogen) atoms. The maximum absolute atomic E-state index is 11.9. The van der Waals surface area contributed by atoms with Gasteiger partial charge in [0.25, 0.3) is 0 Å². The summed E-state index contributed by atoms with van der Waals surface area (Å²) in [4.78, 5) is 13.9. The van der Waals surface area contributed by atoms with Crippen molar-refractivity contribution in [3.63, 3.8) is 0 Å². The molecule has 4 nitrogen and oxygen atoms in total. The molecular weight excluding hydrogens is 216 g/mol. The van der Waals surface area contributed by atoms with E-state index in [1.165, 1.54) is 0 Å². The normalized spacial score (nSPS) is 32.6. The summed E-state index contributed by atoms with van der Waals surface area (Å²) in [6, 6.07) is 0.0786. The Hall–Kier alpha value is -0.610. The number of likely N-dealkylation sites (tertiary alicyclic amines) is 1. The highest BCUT2D eigenvalue weighted by Gasteiger charge is 2.27. The van der Waals surface area contributed by atoms with Gasteiger partial charge >= 0.3 is 0 Å². The van der Waals surface area contributed by atoms with Gasteiger partial charge in [-0.3, -0.25) is 4.79 Å². The molecule has 98 valence electrons. The molecule has 0 bridgehead atoms. The van der Waals surface area contributed by atoms with Gasteiger partial charge in [0, 0.05) is 38.1 Å². The summed E-state index contributed by atoms with van der Waals surface area (Å²) >= 11 is 0. The summed E-state index contributed by atoms with van der Waals surface area (Å²) in [5, 5.41) is 0. The molecule has 3 atom stereocenters. The topological polar surface area (TPSA) is 55.6 Å². The molecule has 2 aliphatic rings. The van der Waals surface area contributed by atoms with E-state index >= 15 is 0 Å². The number of ether oxygens (including phenoxy) is 1. The summed E-state index contributed by atoms with van der Waals surface area (Å²) in [6.45, 7) is 5.39. The molecule has 2 saturated heterocycles. The number of hydrogen-bond acceptors (Lipinski definition) is 3. The molecule has 2 heterocycles. The number of nitrogens with zero attached hydrogens (tertiary/aromatic N) is 1. The summed E-state index contributed by atoms with van der Waals surface area (Å²) in [6.07, 6.45) is 3.87. The lowest BCUT2D eigenvalue weighted by Gasteiger charge is -2.27. The molecule has 0 aliphatic carbocycles. The number of rotatable bonds is 3. The van der Waals surface area contributed by atoms with E-state index in [-0.39, 0.29) is 11.9 Å². The lowest BCUT2D eigenvalue weighted by molar-refractivity contribution is -0.131. The Kier molecular flexibility index (Phi) is 4.40. The fraction of sp³-hybridized carbons (Fsp3) is 0.923. The van der Waals surface area contributed by atoms with E-state index in [1.54, 1.807) is 0 Å². The van der Waals surface area contributed by atoms with Crippen LogP contribution in [-0.4, -0.2) is 43.2 Å². The molecule has 0 aromatic rings. The minimum absolute atomic E-state index is 0.0786. The molecule has 0 radical (unpaired) electrons. The van der Waals surface area contributed by atoms with Crippen LogP contribution < -0.4 is 5.73 Å². The Balaban J connectivity index is 1.85. The van der Waals surface area contributed by atoms with E-state index in [1.807, 2.05) is 4.90 Å². The maximum atomic E-state index is 11.9. The van der Waals surface area contributed by atoms with Crippen LogP contribution in [0, 0.1) is 11.8 Å². The second-order valence-electron chi connectivity index (χ2n) is 5.56. The van der Waals surface area contributed by atoms with Crippen LogP contribution in [-0.2, 0) is 9.53 Å². The van der Waals surface area contributed by atoms with Gasteiger partial charge < -0.3 is 15.4 Å². The second kappa shape index (κ2) is 5.83. The minimum Gasteiger partial charge on any atom is -0.381 e. The van der Waals surface area contributed by atoms with E-state index in [0.717, 1.165) is 39.0 Å². The molecule has 2 N–H and O–H groups in total. The summed E-state index contributed by atoms with van der Waals surface area (Å²) in [7, 11) is 0. The SMILES string of the molecule is CC1CCC(=O)N(CC(N)C2CCOC2)CC1. The van der Waals surface area contributed by atoms with Gasteiger partial charge in [-0.25, -0.2) is 0 Å². The first kappa shape index (κ1) is 12.8. The average molecular weight is 240 g/mol. The Morgan fingerprint density at radius 1 is 1.47 bits per heavy atom. The van der Waals surface area contributed by atoms with Crippen LogP contribution in [0.15, 0.2) is 0 Å². The Labute approximate surface area is 103 Å². The van der Waals surface area contributed by atoms with Crippen molar-refractivity contribution in [3.05, 3.63) is 0 Å². The van der Waals surface area contributed by atoms with Gasteiger partial charge in [-0.05, 0) is 25.2 Å². The number of carbonyl (C=O) groups is 1. The largest absolute Gasteiger partial charge is 0.381 e. The van der Waals surface area contributed by atoms with Crippen molar-refractivity contribution < 1.29 is 9.53 Å². The van der Waals surface area contributed by atoms with Gasteiger partial charge in [-0.1, -0.05) is 6.92 Å². The molecule has 0 spiro atoms. The third-order valence-corrected chi connectivity index (χ3v) is 4.10.